The molecule has 0 aromatic heterocycles. The van der Waals surface area contributed by atoms with Crippen molar-refractivity contribution in [2.45, 2.75) is 26.9 Å². The lowest BCUT2D eigenvalue weighted by molar-refractivity contribution is -0.136. The highest BCUT2D eigenvalue weighted by molar-refractivity contribution is 6.39. The van der Waals surface area contributed by atoms with Crippen LogP contribution >= 0.6 is 0 Å². The number of amides is 2. The van der Waals surface area contributed by atoms with Crippen LogP contribution in [0.25, 0.3) is 0 Å². The van der Waals surface area contributed by atoms with Crippen molar-refractivity contribution in [2.75, 3.05) is 11.9 Å². The van der Waals surface area contributed by atoms with E-state index in [-0.39, 0.29) is 6.54 Å². The van der Waals surface area contributed by atoms with Crippen LogP contribution in [-0.2, 0) is 9.59 Å². The van der Waals surface area contributed by atoms with Gasteiger partial charge in [-0.05, 0) is 44.0 Å². The number of hydrogen-bond acceptors (Lipinski definition) is 3. The van der Waals surface area contributed by atoms with Crippen LogP contribution in [0, 0.1) is 13.8 Å². The molecule has 18 heavy (non-hydrogen) atoms. The third-order valence-corrected chi connectivity index (χ3v) is 2.53. The van der Waals surface area contributed by atoms with Crippen LogP contribution in [0.5, 0.6) is 0 Å². The van der Waals surface area contributed by atoms with E-state index in [0.29, 0.717) is 5.69 Å². The van der Waals surface area contributed by atoms with Gasteiger partial charge in [0.05, 0.1) is 6.10 Å². The van der Waals surface area contributed by atoms with Crippen molar-refractivity contribution < 1.29 is 14.7 Å². The smallest absolute Gasteiger partial charge is 0.313 e. The summed E-state index contributed by atoms with van der Waals surface area (Å²) in [5, 5.41) is 13.8. The summed E-state index contributed by atoms with van der Waals surface area (Å²) in [5.41, 5.74) is 2.74. The molecule has 1 aromatic carbocycles. The number of nitrogens with one attached hydrogen (secondary N) is 2. The van der Waals surface area contributed by atoms with Crippen LogP contribution in [-0.4, -0.2) is 29.6 Å². The third kappa shape index (κ3) is 4.18. The number of hydrogen-bond donors (Lipinski definition) is 3. The summed E-state index contributed by atoms with van der Waals surface area (Å²) in [5.74, 6) is -1.49. The summed E-state index contributed by atoms with van der Waals surface area (Å²) in [6.07, 6.45) is -0.677. The molecule has 5 nitrogen and oxygen atoms in total. The molecule has 1 aromatic rings. The zero-order chi connectivity index (χ0) is 13.7. The Kier molecular flexibility index (Phi) is 4.85. The van der Waals surface area contributed by atoms with Gasteiger partial charge in [-0.25, -0.2) is 0 Å². The zero-order valence-corrected chi connectivity index (χ0v) is 10.8. The van der Waals surface area contributed by atoms with Crippen LogP contribution in [0.15, 0.2) is 18.2 Å². The van der Waals surface area contributed by atoms with Gasteiger partial charge in [0, 0.05) is 12.2 Å². The summed E-state index contributed by atoms with van der Waals surface area (Å²) >= 11 is 0. The van der Waals surface area contributed by atoms with Crippen LogP contribution in [0.2, 0.25) is 0 Å². The molecule has 3 N–H and O–H groups in total. The lowest BCUT2D eigenvalue weighted by Gasteiger charge is -2.09. The number of aliphatic hydroxyl groups is 1. The van der Waals surface area contributed by atoms with Gasteiger partial charge in [-0.2, -0.15) is 0 Å². The Morgan fingerprint density at radius 2 is 1.89 bits per heavy atom. The van der Waals surface area contributed by atoms with Crippen LogP contribution < -0.4 is 10.6 Å². The molecule has 0 aliphatic rings. The quantitative estimate of drug-likeness (QED) is 0.692. The minimum absolute atomic E-state index is 0.0547. The first-order valence-corrected chi connectivity index (χ1v) is 5.74. The van der Waals surface area contributed by atoms with Gasteiger partial charge < -0.3 is 15.7 Å². The molecule has 0 saturated carbocycles. The van der Waals surface area contributed by atoms with Crippen molar-refractivity contribution in [3.05, 3.63) is 29.3 Å². The fraction of sp³-hybridized carbons (Fsp3) is 0.385. The molecule has 5 heteroatoms. The van der Waals surface area contributed by atoms with Gasteiger partial charge in [0.15, 0.2) is 0 Å². The van der Waals surface area contributed by atoms with Crippen molar-refractivity contribution in [3.8, 4) is 0 Å². The lowest BCUT2D eigenvalue weighted by atomic mass is 10.1. The van der Waals surface area contributed by atoms with E-state index in [2.05, 4.69) is 10.6 Å². The highest BCUT2D eigenvalue weighted by Gasteiger charge is 2.13. The van der Waals surface area contributed by atoms with Gasteiger partial charge in [0.1, 0.15) is 0 Å². The van der Waals surface area contributed by atoms with Crippen molar-refractivity contribution in [1.82, 2.24) is 5.32 Å². The Hall–Kier alpha value is -1.88. The van der Waals surface area contributed by atoms with Crippen molar-refractivity contribution >= 4 is 17.5 Å². The molecule has 0 bridgehead atoms. The number of benzene rings is 1. The molecule has 0 saturated heterocycles. The largest absolute Gasteiger partial charge is 0.392 e. The number of anilines is 1. The van der Waals surface area contributed by atoms with Crippen LogP contribution in [0.3, 0.4) is 0 Å². The second kappa shape index (κ2) is 6.16. The van der Waals surface area contributed by atoms with Crippen molar-refractivity contribution in [3.63, 3.8) is 0 Å². The lowest BCUT2D eigenvalue weighted by Crippen LogP contribution is -2.38. The molecular formula is C13H18N2O3. The summed E-state index contributed by atoms with van der Waals surface area (Å²) < 4.78 is 0. The fourth-order valence-corrected chi connectivity index (χ4v) is 1.33. The standard InChI is InChI=1S/C13H18N2O3/c1-8-4-5-11(6-9(8)2)15-13(18)12(17)14-7-10(3)16/h4-6,10,16H,7H2,1-3H3,(H,14,17)(H,15,18)/t10-/m0/s1. The van der Waals surface area contributed by atoms with Gasteiger partial charge in [0.25, 0.3) is 0 Å². The Balaban J connectivity index is 2.58. The Morgan fingerprint density at radius 3 is 2.44 bits per heavy atom. The van der Waals surface area contributed by atoms with Crippen molar-refractivity contribution in [2.24, 2.45) is 0 Å². The summed E-state index contributed by atoms with van der Waals surface area (Å²) in [4.78, 5) is 22.9. The highest BCUT2D eigenvalue weighted by atomic mass is 16.3. The minimum atomic E-state index is -0.755. The van der Waals surface area contributed by atoms with E-state index >= 15 is 0 Å². The first-order valence-electron chi connectivity index (χ1n) is 5.74. The molecular weight excluding hydrogens is 232 g/mol. The topological polar surface area (TPSA) is 78.4 Å². The predicted octanol–water partition coefficient (Wildman–Crippen LogP) is 0.739. The van der Waals surface area contributed by atoms with E-state index in [9.17, 15) is 9.59 Å². The summed E-state index contributed by atoms with van der Waals surface area (Å²) in [6.45, 7) is 5.48. The van der Waals surface area contributed by atoms with E-state index in [1.165, 1.54) is 6.92 Å². The second-order valence-electron chi connectivity index (χ2n) is 4.31. The highest BCUT2D eigenvalue weighted by Crippen LogP contribution is 2.13. The van der Waals surface area contributed by atoms with E-state index in [1.807, 2.05) is 19.9 Å². The van der Waals surface area contributed by atoms with E-state index in [4.69, 9.17) is 5.11 Å². The number of rotatable bonds is 3. The van der Waals surface area contributed by atoms with E-state index < -0.39 is 17.9 Å². The van der Waals surface area contributed by atoms with Gasteiger partial charge in [-0.3, -0.25) is 9.59 Å². The molecule has 98 valence electrons. The molecule has 1 atom stereocenters. The first-order chi connectivity index (χ1) is 8.40. The molecule has 0 aliphatic carbocycles. The van der Waals surface area contributed by atoms with E-state index in [1.54, 1.807) is 12.1 Å². The van der Waals surface area contributed by atoms with Gasteiger partial charge in [-0.15, -0.1) is 0 Å². The normalized spacial score (nSPS) is 11.8. The fourth-order valence-electron chi connectivity index (χ4n) is 1.33. The monoisotopic (exact) mass is 250 g/mol. The van der Waals surface area contributed by atoms with Gasteiger partial charge in [-0.1, -0.05) is 6.07 Å². The first kappa shape index (κ1) is 14.2. The van der Waals surface area contributed by atoms with Gasteiger partial charge in [0.2, 0.25) is 0 Å². The van der Waals surface area contributed by atoms with E-state index in [0.717, 1.165) is 11.1 Å². The SMILES string of the molecule is Cc1ccc(NC(=O)C(=O)NC[C@H](C)O)cc1C. The van der Waals surface area contributed by atoms with Crippen molar-refractivity contribution in [1.29, 1.82) is 0 Å². The third-order valence-electron chi connectivity index (χ3n) is 2.53. The zero-order valence-electron chi connectivity index (χ0n) is 10.8. The number of carbonyl (C=O) groups is 2. The molecule has 0 spiro atoms. The predicted molar refractivity (Wildman–Crippen MR) is 69.2 cm³/mol. The average molecular weight is 250 g/mol. The molecule has 0 heterocycles. The molecule has 0 fully saturated rings. The number of aryl methyl sites for hydroxylation is 2. The average Bonchev–Trinajstić information content (AvgIpc) is 2.30. The summed E-state index contributed by atoms with van der Waals surface area (Å²) in [7, 11) is 0. The van der Waals surface area contributed by atoms with Crippen LogP contribution in [0.4, 0.5) is 5.69 Å². The molecule has 0 radical (unpaired) electrons. The van der Waals surface area contributed by atoms with Gasteiger partial charge >= 0.3 is 11.8 Å². The maximum absolute atomic E-state index is 11.5. The molecule has 0 unspecified atom stereocenters. The summed E-state index contributed by atoms with van der Waals surface area (Å²) in [6, 6.07) is 5.41. The minimum Gasteiger partial charge on any atom is -0.392 e. The number of carbonyl (C=O) groups excluding carboxylic acids is 2. The second-order valence-corrected chi connectivity index (χ2v) is 4.31. The Bertz CT molecular complexity index is 456. The Morgan fingerprint density at radius 1 is 1.22 bits per heavy atom. The van der Waals surface area contributed by atoms with Crippen LogP contribution in [0.1, 0.15) is 18.1 Å². The molecule has 0 aliphatic heterocycles. The molecule has 1 rings (SSSR count). The maximum atomic E-state index is 11.5. The number of aliphatic hydroxyl groups excluding tert-OH is 1. The molecule has 2 amide bonds. The Labute approximate surface area is 106 Å². The maximum Gasteiger partial charge on any atom is 0.313 e.